The van der Waals surface area contributed by atoms with Crippen molar-refractivity contribution in [2.24, 2.45) is 11.1 Å². The van der Waals surface area contributed by atoms with E-state index < -0.39 is 33.2 Å². The number of furan rings is 1. The summed E-state index contributed by atoms with van der Waals surface area (Å²) in [6.07, 6.45) is -0.167. The van der Waals surface area contributed by atoms with Crippen molar-refractivity contribution in [2.45, 2.75) is 51.4 Å². The van der Waals surface area contributed by atoms with Gasteiger partial charge in [-0.1, -0.05) is 20.8 Å². The lowest BCUT2D eigenvalue weighted by molar-refractivity contribution is 0.0658. The molecule has 1 aromatic heterocycles. The Morgan fingerprint density at radius 2 is 2.05 bits per heavy atom. The summed E-state index contributed by atoms with van der Waals surface area (Å²) in [6.45, 7) is 7.07. The third kappa shape index (κ3) is 4.29. The van der Waals surface area contributed by atoms with E-state index >= 15 is 0 Å². The highest BCUT2D eigenvalue weighted by Gasteiger charge is 2.26. The lowest BCUT2D eigenvalue weighted by Crippen LogP contribution is -2.45. The molecule has 1 rings (SSSR count). The summed E-state index contributed by atoms with van der Waals surface area (Å²) in [5.41, 5.74) is 0.366. The van der Waals surface area contributed by atoms with Crippen molar-refractivity contribution in [1.82, 2.24) is 5.32 Å². The maximum Gasteiger partial charge on any atom is 0.287 e. The Hall–Kier alpha value is -1.38. The lowest BCUT2D eigenvalue weighted by atomic mass is 9.97. The standard InChI is InChI=1S/C13H22N2O5S/c1-5-9(11(16)7(2)3)15-13(17)12-8(4)6-10(20-12)21(14,18)19/h6-7,9,11,16H,5H2,1-4H3,(H,15,17)(H2,14,18,19). The van der Waals surface area contributed by atoms with E-state index in [1.807, 2.05) is 20.8 Å². The van der Waals surface area contributed by atoms with Crippen LogP contribution in [0.25, 0.3) is 0 Å². The highest BCUT2D eigenvalue weighted by molar-refractivity contribution is 7.89. The topological polar surface area (TPSA) is 123 Å². The quantitative estimate of drug-likeness (QED) is 0.714. The summed E-state index contributed by atoms with van der Waals surface area (Å²) in [5.74, 6) is -0.713. The molecule has 0 saturated carbocycles. The first-order valence-electron chi connectivity index (χ1n) is 6.70. The fourth-order valence-electron chi connectivity index (χ4n) is 1.95. The number of aliphatic hydroxyl groups is 1. The molecule has 0 saturated heterocycles. The van der Waals surface area contributed by atoms with Gasteiger partial charge in [0.2, 0.25) is 5.09 Å². The summed E-state index contributed by atoms with van der Waals surface area (Å²) >= 11 is 0. The fourth-order valence-corrected chi connectivity index (χ4v) is 2.49. The van der Waals surface area contributed by atoms with Crippen molar-refractivity contribution >= 4 is 15.9 Å². The molecule has 0 fully saturated rings. The van der Waals surface area contributed by atoms with Gasteiger partial charge in [-0.05, 0) is 19.3 Å². The highest BCUT2D eigenvalue weighted by Crippen LogP contribution is 2.19. The molecule has 7 nitrogen and oxygen atoms in total. The molecule has 120 valence electrons. The number of primary sulfonamides is 1. The van der Waals surface area contributed by atoms with Gasteiger partial charge in [0.05, 0.1) is 12.1 Å². The first-order chi connectivity index (χ1) is 9.57. The Morgan fingerprint density at radius 3 is 2.43 bits per heavy atom. The Kier molecular flexibility index (Phi) is 5.54. The van der Waals surface area contributed by atoms with Crippen molar-refractivity contribution in [2.75, 3.05) is 0 Å². The lowest BCUT2D eigenvalue weighted by Gasteiger charge is -2.25. The van der Waals surface area contributed by atoms with Gasteiger partial charge in [0.25, 0.3) is 15.9 Å². The average Bonchev–Trinajstić information content (AvgIpc) is 2.76. The van der Waals surface area contributed by atoms with E-state index in [0.29, 0.717) is 12.0 Å². The minimum atomic E-state index is -4.00. The van der Waals surface area contributed by atoms with Gasteiger partial charge in [0, 0.05) is 11.6 Å². The third-order valence-corrected chi connectivity index (χ3v) is 4.00. The summed E-state index contributed by atoms with van der Waals surface area (Å²) in [7, 11) is -4.00. The van der Waals surface area contributed by atoms with Crippen molar-refractivity contribution < 1.29 is 22.7 Å². The van der Waals surface area contributed by atoms with Gasteiger partial charge in [0.15, 0.2) is 5.76 Å². The summed E-state index contributed by atoms with van der Waals surface area (Å²) in [4.78, 5) is 12.2. The van der Waals surface area contributed by atoms with Crippen LogP contribution < -0.4 is 10.5 Å². The van der Waals surface area contributed by atoms with Crippen LogP contribution in [0.1, 0.15) is 43.3 Å². The van der Waals surface area contributed by atoms with E-state index in [1.54, 1.807) is 6.92 Å². The number of amides is 1. The highest BCUT2D eigenvalue weighted by atomic mass is 32.2. The van der Waals surface area contributed by atoms with Crippen LogP contribution in [0.15, 0.2) is 15.6 Å². The van der Waals surface area contributed by atoms with Crippen molar-refractivity contribution in [3.63, 3.8) is 0 Å². The smallest absolute Gasteiger partial charge is 0.287 e. The monoisotopic (exact) mass is 318 g/mol. The SMILES string of the molecule is CCC(NC(=O)c1oc(S(N)(=O)=O)cc1C)C(O)C(C)C. The second-order valence-corrected chi connectivity index (χ2v) is 6.84. The van der Waals surface area contributed by atoms with Crippen LogP contribution in [0.3, 0.4) is 0 Å². The van der Waals surface area contributed by atoms with Gasteiger partial charge in [-0.2, -0.15) is 0 Å². The maximum absolute atomic E-state index is 12.2. The molecule has 0 bridgehead atoms. The van der Waals surface area contributed by atoms with Gasteiger partial charge < -0.3 is 14.8 Å². The van der Waals surface area contributed by atoms with Gasteiger partial charge in [-0.25, -0.2) is 13.6 Å². The first-order valence-corrected chi connectivity index (χ1v) is 8.24. The minimum absolute atomic E-state index is 0.0204. The van der Waals surface area contributed by atoms with Gasteiger partial charge >= 0.3 is 0 Å². The number of hydrogen-bond acceptors (Lipinski definition) is 5. The fraction of sp³-hybridized carbons (Fsp3) is 0.615. The summed E-state index contributed by atoms with van der Waals surface area (Å²) in [5, 5.41) is 17.2. The number of carbonyl (C=O) groups is 1. The molecule has 1 heterocycles. The molecule has 2 atom stereocenters. The van der Waals surface area contributed by atoms with Gasteiger partial charge in [-0.15, -0.1) is 0 Å². The molecular weight excluding hydrogens is 296 g/mol. The van der Waals surface area contributed by atoms with Crippen molar-refractivity contribution in [3.05, 3.63) is 17.4 Å². The molecule has 0 spiro atoms. The van der Waals surface area contributed by atoms with Crippen molar-refractivity contribution in [3.8, 4) is 0 Å². The zero-order valence-corrected chi connectivity index (χ0v) is 13.4. The third-order valence-electron chi connectivity index (χ3n) is 3.23. The molecular formula is C13H22N2O5S. The molecule has 0 aliphatic rings. The first kappa shape index (κ1) is 17.7. The predicted molar refractivity (Wildman–Crippen MR) is 77.2 cm³/mol. The Morgan fingerprint density at radius 1 is 1.48 bits per heavy atom. The van der Waals surface area contributed by atoms with E-state index in [-0.39, 0.29) is 11.7 Å². The van der Waals surface area contributed by atoms with Gasteiger partial charge in [-0.3, -0.25) is 4.79 Å². The number of hydrogen-bond donors (Lipinski definition) is 3. The van der Waals surface area contributed by atoms with Crippen LogP contribution in [0.2, 0.25) is 0 Å². The number of nitrogens with one attached hydrogen (secondary N) is 1. The molecule has 2 unspecified atom stereocenters. The number of nitrogens with two attached hydrogens (primary N) is 1. The molecule has 21 heavy (non-hydrogen) atoms. The van der Waals surface area contributed by atoms with Crippen LogP contribution in [-0.4, -0.2) is 31.6 Å². The maximum atomic E-state index is 12.2. The predicted octanol–water partition coefficient (Wildman–Crippen LogP) is 0.761. The van der Waals surface area contributed by atoms with Gasteiger partial charge in [0.1, 0.15) is 0 Å². The van der Waals surface area contributed by atoms with Crippen LogP contribution in [0.4, 0.5) is 0 Å². The van der Waals surface area contributed by atoms with E-state index in [9.17, 15) is 18.3 Å². The van der Waals surface area contributed by atoms with Crippen LogP contribution in [0, 0.1) is 12.8 Å². The minimum Gasteiger partial charge on any atom is -0.438 e. The zero-order chi connectivity index (χ0) is 16.4. The molecule has 0 radical (unpaired) electrons. The zero-order valence-electron chi connectivity index (χ0n) is 12.6. The number of aryl methyl sites for hydroxylation is 1. The second-order valence-electron chi connectivity index (χ2n) is 5.35. The van der Waals surface area contributed by atoms with Crippen LogP contribution in [-0.2, 0) is 10.0 Å². The molecule has 4 N–H and O–H groups in total. The molecule has 8 heteroatoms. The number of sulfonamides is 1. The molecule has 0 aliphatic carbocycles. The molecule has 0 aliphatic heterocycles. The number of rotatable bonds is 6. The van der Waals surface area contributed by atoms with E-state index in [1.165, 1.54) is 6.07 Å². The average molecular weight is 318 g/mol. The molecule has 1 amide bonds. The van der Waals surface area contributed by atoms with Crippen molar-refractivity contribution in [1.29, 1.82) is 0 Å². The second kappa shape index (κ2) is 6.59. The van der Waals surface area contributed by atoms with Crippen LogP contribution >= 0.6 is 0 Å². The molecule has 1 aromatic rings. The Labute approximate surface area is 124 Å². The van der Waals surface area contributed by atoms with E-state index in [0.717, 1.165) is 0 Å². The number of aliphatic hydroxyl groups excluding tert-OH is 1. The molecule has 0 aromatic carbocycles. The Balaban J connectivity index is 2.97. The normalized spacial score (nSPS) is 15.0. The largest absolute Gasteiger partial charge is 0.438 e. The van der Waals surface area contributed by atoms with E-state index in [2.05, 4.69) is 5.32 Å². The van der Waals surface area contributed by atoms with E-state index in [4.69, 9.17) is 9.56 Å². The summed E-state index contributed by atoms with van der Waals surface area (Å²) in [6, 6.07) is 0.754. The number of carbonyl (C=O) groups excluding carboxylic acids is 1. The Bertz CT molecular complexity index is 606. The summed E-state index contributed by atoms with van der Waals surface area (Å²) < 4.78 is 27.4. The van der Waals surface area contributed by atoms with Crippen LogP contribution in [0.5, 0.6) is 0 Å².